The van der Waals surface area contributed by atoms with Gasteiger partial charge in [0.15, 0.2) is 0 Å². The number of nitrogens with zero attached hydrogens (tertiary/aromatic N) is 1. The fourth-order valence-electron chi connectivity index (χ4n) is 2.15. The molecule has 1 fully saturated rings. The van der Waals surface area contributed by atoms with Gasteiger partial charge in [0.1, 0.15) is 11.3 Å². The molecule has 0 bridgehead atoms. The molecule has 0 radical (unpaired) electrons. The second kappa shape index (κ2) is 3.85. The molecule has 2 N–H and O–H groups in total. The van der Waals surface area contributed by atoms with Crippen molar-refractivity contribution in [1.29, 1.82) is 0 Å². The number of benzene rings is 1. The van der Waals surface area contributed by atoms with E-state index in [0.717, 1.165) is 29.6 Å². The molecule has 1 saturated carbocycles. The summed E-state index contributed by atoms with van der Waals surface area (Å²) in [6.45, 7) is 0.465. The van der Waals surface area contributed by atoms with Crippen LogP contribution in [0.3, 0.4) is 0 Å². The van der Waals surface area contributed by atoms with Crippen molar-refractivity contribution < 1.29 is 9.21 Å². The van der Waals surface area contributed by atoms with Crippen molar-refractivity contribution in [1.82, 2.24) is 4.90 Å². The van der Waals surface area contributed by atoms with Crippen LogP contribution in [-0.2, 0) is 11.3 Å². The smallest absolute Gasteiger partial charge is 0.242 e. The third-order valence-electron chi connectivity index (χ3n) is 3.43. The molecule has 1 amide bonds. The summed E-state index contributed by atoms with van der Waals surface area (Å²) in [6.07, 6.45) is 1.58. The zero-order chi connectivity index (χ0) is 12.8. The van der Waals surface area contributed by atoms with Gasteiger partial charge in [-0.25, -0.2) is 0 Å². The summed E-state index contributed by atoms with van der Waals surface area (Å²) in [7, 11) is 1.77. The molecule has 0 spiro atoms. The number of carbonyl (C=O) groups excluding carboxylic acids is 1. The summed E-state index contributed by atoms with van der Waals surface area (Å²) >= 11 is 0. The third-order valence-corrected chi connectivity index (χ3v) is 3.43. The van der Waals surface area contributed by atoms with Gasteiger partial charge >= 0.3 is 0 Å². The normalized spacial score (nSPS) is 16.8. The van der Waals surface area contributed by atoms with Gasteiger partial charge in [0.05, 0.1) is 12.1 Å². The van der Waals surface area contributed by atoms with Crippen LogP contribution in [0.2, 0.25) is 0 Å². The summed E-state index contributed by atoms with van der Waals surface area (Å²) in [5.41, 5.74) is 6.14. The molecule has 4 heteroatoms. The van der Waals surface area contributed by atoms with Crippen molar-refractivity contribution in [2.75, 3.05) is 7.05 Å². The van der Waals surface area contributed by atoms with Gasteiger partial charge in [-0.05, 0) is 25.0 Å². The van der Waals surface area contributed by atoms with Crippen LogP contribution in [0.4, 0.5) is 0 Å². The lowest BCUT2D eigenvalue weighted by Crippen LogP contribution is -2.43. The van der Waals surface area contributed by atoms with Crippen LogP contribution >= 0.6 is 0 Å². The number of likely N-dealkylation sites (N-methyl/N-ethyl adjacent to an activating group) is 1. The first-order chi connectivity index (χ1) is 8.58. The molecule has 1 aromatic carbocycles. The number of fused-ring (bicyclic) bond motifs is 1. The van der Waals surface area contributed by atoms with E-state index in [9.17, 15) is 4.79 Å². The molecular formula is C14H16N2O2. The molecule has 2 aromatic rings. The third kappa shape index (κ3) is 1.88. The van der Waals surface area contributed by atoms with Crippen molar-refractivity contribution in [2.45, 2.75) is 24.9 Å². The van der Waals surface area contributed by atoms with Gasteiger partial charge < -0.3 is 15.1 Å². The summed E-state index contributed by atoms with van der Waals surface area (Å²) in [4.78, 5) is 13.6. The number of amides is 1. The number of hydrogen-bond acceptors (Lipinski definition) is 3. The van der Waals surface area contributed by atoms with Gasteiger partial charge in [0.25, 0.3) is 0 Å². The maximum absolute atomic E-state index is 12.0. The van der Waals surface area contributed by atoms with Crippen LogP contribution < -0.4 is 5.73 Å². The van der Waals surface area contributed by atoms with Crippen molar-refractivity contribution >= 4 is 16.9 Å². The molecule has 94 valence electrons. The Bertz CT molecular complexity index is 566. The summed E-state index contributed by atoms with van der Waals surface area (Å²) < 4.78 is 5.69. The topological polar surface area (TPSA) is 59.5 Å². The lowest BCUT2D eigenvalue weighted by Gasteiger charge is -2.19. The standard InChI is InChI=1S/C14H16N2O2/c1-16(13(17)14(15)6-7-14)9-11-8-10-4-2-3-5-12(10)18-11/h2-5,8H,6-7,9,15H2,1H3. The van der Waals surface area contributed by atoms with Crippen LogP contribution in [0.1, 0.15) is 18.6 Å². The highest BCUT2D eigenvalue weighted by Gasteiger charge is 2.47. The lowest BCUT2D eigenvalue weighted by atomic mass is 10.2. The Hall–Kier alpha value is -1.81. The zero-order valence-corrected chi connectivity index (χ0v) is 10.3. The largest absolute Gasteiger partial charge is 0.459 e. The van der Waals surface area contributed by atoms with E-state index in [4.69, 9.17) is 10.2 Å². The fraction of sp³-hybridized carbons (Fsp3) is 0.357. The first-order valence-corrected chi connectivity index (χ1v) is 6.10. The predicted octanol–water partition coefficient (Wildman–Crippen LogP) is 1.88. The number of rotatable bonds is 3. The Kier molecular flexibility index (Phi) is 2.41. The Morgan fingerprint density at radius 1 is 1.44 bits per heavy atom. The summed E-state index contributed by atoms with van der Waals surface area (Å²) in [5, 5.41) is 1.06. The molecular weight excluding hydrogens is 228 g/mol. The molecule has 1 heterocycles. The molecule has 0 saturated heterocycles. The van der Waals surface area contributed by atoms with E-state index in [0.29, 0.717) is 6.54 Å². The number of carbonyl (C=O) groups is 1. The van der Waals surface area contributed by atoms with E-state index in [1.807, 2.05) is 30.3 Å². The van der Waals surface area contributed by atoms with E-state index < -0.39 is 5.54 Å². The van der Waals surface area contributed by atoms with E-state index in [1.165, 1.54) is 0 Å². The van der Waals surface area contributed by atoms with Crippen LogP contribution in [0.25, 0.3) is 11.0 Å². The van der Waals surface area contributed by atoms with E-state index in [2.05, 4.69) is 0 Å². The molecule has 18 heavy (non-hydrogen) atoms. The maximum atomic E-state index is 12.0. The average molecular weight is 244 g/mol. The van der Waals surface area contributed by atoms with Crippen molar-refractivity contribution in [2.24, 2.45) is 5.73 Å². The second-order valence-corrected chi connectivity index (χ2v) is 5.07. The first kappa shape index (κ1) is 11.3. The number of hydrogen-bond donors (Lipinski definition) is 1. The van der Waals surface area contributed by atoms with E-state index in [1.54, 1.807) is 11.9 Å². The molecule has 3 rings (SSSR count). The molecule has 4 nitrogen and oxygen atoms in total. The zero-order valence-electron chi connectivity index (χ0n) is 10.3. The monoisotopic (exact) mass is 244 g/mol. The van der Waals surface area contributed by atoms with Crippen LogP contribution in [0.15, 0.2) is 34.7 Å². The highest BCUT2D eigenvalue weighted by atomic mass is 16.3. The van der Waals surface area contributed by atoms with Crippen molar-refractivity contribution in [3.8, 4) is 0 Å². The van der Waals surface area contributed by atoms with Gasteiger partial charge in [0, 0.05) is 12.4 Å². The first-order valence-electron chi connectivity index (χ1n) is 6.10. The minimum atomic E-state index is -0.610. The van der Waals surface area contributed by atoms with Crippen LogP contribution in [-0.4, -0.2) is 23.4 Å². The highest BCUT2D eigenvalue weighted by molar-refractivity contribution is 5.89. The molecule has 0 atom stereocenters. The van der Waals surface area contributed by atoms with Gasteiger partial charge in [0.2, 0.25) is 5.91 Å². The quantitative estimate of drug-likeness (QED) is 0.896. The second-order valence-electron chi connectivity index (χ2n) is 5.07. The van der Waals surface area contributed by atoms with Gasteiger partial charge in [-0.3, -0.25) is 4.79 Å². The van der Waals surface area contributed by atoms with E-state index >= 15 is 0 Å². The molecule has 0 unspecified atom stereocenters. The van der Waals surface area contributed by atoms with Crippen molar-refractivity contribution in [3.05, 3.63) is 36.1 Å². The van der Waals surface area contributed by atoms with Crippen LogP contribution in [0.5, 0.6) is 0 Å². The Labute approximate surface area is 105 Å². The SMILES string of the molecule is CN(Cc1cc2ccccc2o1)C(=O)C1(N)CC1. The number of para-hydroxylation sites is 1. The lowest BCUT2D eigenvalue weighted by molar-refractivity contribution is -0.133. The Morgan fingerprint density at radius 3 is 2.83 bits per heavy atom. The minimum absolute atomic E-state index is 0.00274. The average Bonchev–Trinajstić information content (AvgIpc) is 2.97. The fourth-order valence-corrected chi connectivity index (χ4v) is 2.15. The molecule has 1 aliphatic carbocycles. The minimum Gasteiger partial charge on any atom is -0.459 e. The Balaban J connectivity index is 1.77. The number of nitrogens with two attached hydrogens (primary N) is 1. The highest BCUT2D eigenvalue weighted by Crippen LogP contribution is 2.34. The van der Waals surface area contributed by atoms with E-state index in [-0.39, 0.29) is 5.91 Å². The van der Waals surface area contributed by atoms with Gasteiger partial charge in [-0.15, -0.1) is 0 Å². The molecule has 1 aromatic heterocycles. The summed E-state index contributed by atoms with van der Waals surface area (Å²) in [5.74, 6) is 0.791. The number of furan rings is 1. The molecule has 1 aliphatic rings. The van der Waals surface area contributed by atoms with Crippen LogP contribution in [0, 0.1) is 0 Å². The van der Waals surface area contributed by atoms with Gasteiger partial charge in [-0.1, -0.05) is 18.2 Å². The maximum Gasteiger partial charge on any atom is 0.242 e. The Morgan fingerprint density at radius 2 is 2.17 bits per heavy atom. The predicted molar refractivity (Wildman–Crippen MR) is 68.8 cm³/mol. The van der Waals surface area contributed by atoms with Crippen molar-refractivity contribution in [3.63, 3.8) is 0 Å². The van der Waals surface area contributed by atoms with Gasteiger partial charge in [-0.2, -0.15) is 0 Å². The molecule has 0 aliphatic heterocycles. The summed E-state index contributed by atoms with van der Waals surface area (Å²) in [6, 6.07) is 9.79.